The van der Waals surface area contributed by atoms with Crippen molar-refractivity contribution in [3.05, 3.63) is 0 Å². The summed E-state index contributed by atoms with van der Waals surface area (Å²) in [6.45, 7) is 3.31. The zero-order valence-electron chi connectivity index (χ0n) is 7.18. The van der Waals surface area contributed by atoms with Gasteiger partial charge in [-0.3, -0.25) is 0 Å². The molecule has 0 saturated carbocycles. The van der Waals surface area contributed by atoms with Crippen LogP contribution in [0.15, 0.2) is 0 Å². The third kappa shape index (κ3) is 2.17. The number of nitrogens with one attached hydrogen (secondary N) is 1. The lowest BCUT2D eigenvalue weighted by Gasteiger charge is -2.12. The summed E-state index contributed by atoms with van der Waals surface area (Å²) in [6.07, 6.45) is -0.722. The lowest BCUT2D eigenvalue weighted by Crippen LogP contribution is -2.28. The molecule has 1 aliphatic heterocycles. The van der Waals surface area contributed by atoms with Gasteiger partial charge in [0.15, 0.2) is 0 Å². The van der Waals surface area contributed by atoms with E-state index in [1.54, 1.807) is 6.92 Å². The Balaban J connectivity index is 2.34. The monoisotopic (exact) mass is 175 g/mol. The van der Waals surface area contributed by atoms with Gasteiger partial charge in [-0.05, 0) is 19.9 Å². The number of alkyl halides is 1. The van der Waals surface area contributed by atoms with Gasteiger partial charge in [0.05, 0.1) is 6.61 Å². The minimum absolute atomic E-state index is 0.191. The Labute approximate surface area is 71.3 Å². The second-order valence-corrected chi connectivity index (χ2v) is 2.91. The van der Waals surface area contributed by atoms with Crippen molar-refractivity contribution in [2.75, 3.05) is 19.7 Å². The van der Waals surface area contributed by atoms with Crippen LogP contribution >= 0.6 is 0 Å². The second kappa shape index (κ2) is 4.40. The maximum atomic E-state index is 13.2. The summed E-state index contributed by atoms with van der Waals surface area (Å²) in [5.41, 5.74) is 0. The summed E-state index contributed by atoms with van der Waals surface area (Å²) in [7, 11) is 0. The lowest BCUT2D eigenvalue weighted by atomic mass is 10.0. The molecule has 0 radical (unpaired) electrons. The first-order valence-electron chi connectivity index (χ1n) is 4.27. The van der Waals surface area contributed by atoms with Gasteiger partial charge in [0.1, 0.15) is 0 Å². The Kier molecular flexibility index (Phi) is 3.47. The zero-order chi connectivity index (χ0) is 8.97. The Morgan fingerprint density at radius 2 is 2.58 bits per heavy atom. The van der Waals surface area contributed by atoms with Crippen molar-refractivity contribution in [3.8, 4) is 0 Å². The molecular weight excluding hydrogens is 161 g/mol. The minimum atomic E-state index is -1.44. The average molecular weight is 175 g/mol. The van der Waals surface area contributed by atoms with E-state index in [1.165, 1.54) is 0 Å². The molecule has 1 saturated heterocycles. The van der Waals surface area contributed by atoms with E-state index in [2.05, 4.69) is 10.1 Å². The highest BCUT2D eigenvalue weighted by Crippen LogP contribution is 2.16. The fraction of sp³-hybridized carbons (Fsp3) is 0.875. The minimum Gasteiger partial charge on any atom is -0.464 e. The van der Waals surface area contributed by atoms with Crippen LogP contribution < -0.4 is 5.32 Å². The lowest BCUT2D eigenvalue weighted by molar-refractivity contribution is -0.151. The van der Waals surface area contributed by atoms with E-state index in [0.717, 1.165) is 13.0 Å². The Bertz CT molecular complexity index is 157. The van der Waals surface area contributed by atoms with Gasteiger partial charge in [-0.2, -0.15) is 0 Å². The molecule has 0 spiro atoms. The second-order valence-electron chi connectivity index (χ2n) is 2.91. The molecule has 1 N–H and O–H groups in total. The number of carbonyl (C=O) groups is 1. The van der Waals surface area contributed by atoms with Crippen molar-refractivity contribution >= 4 is 5.97 Å². The zero-order valence-corrected chi connectivity index (χ0v) is 7.18. The number of esters is 1. The van der Waals surface area contributed by atoms with Gasteiger partial charge in [-0.1, -0.05) is 0 Å². The van der Waals surface area contributed by atoms with Gasteiger partial charge >= 0.3 is 5.97 Å². The van der Waals surface area contributed by atoms with E-state index in [4.69, 9.17) is 0 Å². The number of rotatable bonds is 3. The van der Waals surface area contributed by atoms with Crippen LogP contribution in [0.3, 0.4) is 0 Å². The van der Waals surface area contributed by atoms with Gasteiger partial charge in [-0.25, -0.2) is 9.18 Å². The Hall–Kier alpha value is -0.640. The van der Waals surface area contributed by atoms with E-state index in [1.807, 2.05) is 0 Å². The molecule has 1 rings (SSSR count). The quantitative estimate of drug-likeness (QED) is 0.635. The van der Waals surface area contributed by atoms with E-state index in [9.17, 15) is 9.18 Å². The first kappa shape index (κ1) is 9.45. The molecule has 0 aliphatic carbocycles. The third-order valence-corrected chi connectivity index (χ3v) is 2.02. The van der Waals surface area contributed by atoms with E-state index >= 15 is 0 Å². The standard InChI is InChI=1S/C8H14FNO2/c1-2-12-8(11)7(9)6-3-4-10-5-6/h6-7,10H,2-5H2,1H3/t6-,7-/m1/s1. The molecule has 0 bridgehead atoms. The van der Waals surface area contributed by atoms with E-state index in [-0.39, 0.29) is 12.5 Å². The number of halogens is 1. The van der Waals surface area contributed by atoms with Crippen LogP contribution in [0.4, 0.5) is 4.39 Å². The van der Waals surface area contributed by atoms with Crippen molar-refractivity contribution in [2.45, 2.75) is 19.5 Å². The molecule has 0 aromatic carbocycles. The Morgan fingerprint density at radius 1 is 1.83 bits per heavy atom. The highest BCUT2D eigenvalue weighted by atomic mass is 19.1. The maximum Gasteiger partial charge on any atom is 0.341 e. The molecule has 1 aliphatic rings. The summed E-state index contributed by atoms with van der Waals surface area (Å²) < 4.78 is 17.7. The van der Waals surface area contributed by atoms with Crippen LogP contribution in [0.25, 0.3) is 0 Å². The number of ether oxygens (including phenoxy) is 1. The highest BCUT2D eigenvalue weighted by Gasteiger charge is 2.31. The molecule has 0 amide bonds. The van der Waals surface area contributed by atoms with Crippen molar-refractivity contribution in [1.29, 1.82) is 0 Å². The van der Waals surface area contributed by atoms with Crippen LogP contribution in [0, 0.1) is 5.92 Å². The SMILES string of the molecule is CCOC(=O)[C@H](F)[C@@H]1CCNC1. The smallest absolute Gasteiger partial charge is 0.341 e. The van der Waals surface area contributed by atoms with Gasteiger partial charge in [0.25, 0.3) is 0 Å². The van der Waals surface area contributed by atoms with Crippen LogP contribution in [-0.4, -0.2) is 31.8 Å². The number of hydrogen-bond donors (Lipinski definition) is 1. The molecule has 1 heterocycles. The van der Waals surface area contributed by atoms with Gasteiger partial charge in [-0.15, -0.1) is 0 Å². The molecule has 4 heteroatoms. The molecule has 0 unspecified atom stereocenters. The normalized spacial score (nSPS) is 25.3. The first-order chi connectivity index (χ1) is 5.75. The summed E-state index contributed by atoms with van der Waals surface area (Å²) in [5, 5.41) is 3.00. The van der Waals surface area contributed by atoms with Crippen molar-refractivity contribution in [2.24, 2.45) is 5.92 Å². The molecular formula is C8H14FNO2. The fourth-order valence-electron chi connectivity index (χ4n) is 1.34. The average Bonchev–Trinajstić information content (AvgIpc) is 2.55. The Morgan fingerprint density at radius 3 is 3.08 bits per heavy atom. The molecule has 3 nitrogen and oxygen atoms in total. The predicted octanol–water partition coefficient (Wildman–Crippen LogP) is 0.497. The van der Waals surface area contributed by atoms with Crippen molar-refractivity contribution in [3.63, 3.8) is 0 Å². The number of carbonyl (C=O) groups excluding carboxylic acids is 1. The fourth-order valence-corrected chi connectivity index (χ4v) is 1.34. The first-order valence-corrected chi connectivity index (χ1v) is 4.27. The largest absolute Gasteiger partial charge is 0.464 e. The molecule has 0 aromatic rings. The van der Waals surface area contributed by atoms with E-state index < -0.39 is 12.1 Å². The molecule has 12 heavy (non-hydrogen) atoms. The van der Waals surface area contributed by atoms with E-state index in [0.29, 0.717) is 6.54 Å². The topological polar surface area (TPSA) is 38.3 Å². The predicted molar refractivity (Wildman–Crippen MR) is 42.5 cm³/mol. The highest BCUT2D eigenvalue weighted by molar-refractivity contribution is 5.74. The summed E-state index contributed by atoms with van der Waals surface area (Å²) in [5.74, 6) is -0.907. The van der Waals surface area contributed by atoms with Crippen LogP contribution in [0.5, 0.6) is 0 Å². The van der Waals surface area contributed by atoms with Crippen LogP contribution in [0.2, 0.25) is 0 Å². The summed E-state index contributed by atoms with van der Waals surface area (Å²) in [4.78, 5) is 10.9. The molecule has 0 aromatic heterocycles. The summed E-state index contributed by atoms with van der Waals surface area (Å²) in [6, 6.07) is 0. The van der Waals surface area contributed by atoms with Crippen molar-refractivity contribution in [1.82, 2.24) is 5.32 Å². The van der Waals surface area contributed by atoms with Crippen LogP contribution in [0.1, 0.15) is 13.3 Å². The van der Waals surface area contributed by atoms with Gasteiger partial charge < -0.3 is 10.1 Å². The molecule has 1 fully saturated rings. The summed E-state index contributed by atoms with van der Waals surface area (Å²) >= 11 is 0. The maximum absolute atomic E-state index is 13.2. The third-order valence-electron chi connectivity index (χ3n) is 2.02. The molecule has 70 valence electrons. The molecule has 2 atom stereocenters. The van der Waals surface area contributed by atoms with Crippen LogP contribution in [-0.2, 0) is 9.53 Å². The number of hydrogen-bond acceptors (Lipinski definition) is 3. The van der Waals surface area contributed by atoms with Crippen molar-refractivity contribution < 1.29 is 13.9 Å². The van der Waals surface area contributed by atoms with Gasteiger partial charge in [0.2, 0.25) is 6.17 Å². The van der Waals surface area contributed by atoms with Gasteiger partial charge in [0, 0.05) is 12.5 Å².